The van der Waals surface area contributed by atoms with Gasteiger partial charge in [-0.15, -0.1) is 0 Å². The van der Waals surface area contributed by atoms with Crippen LogP contribution in [0.2, 0.25) is 0 Å². The fraction of sp³-hybridized carbons (Fsp3) is 0.267. The molecule has 6 heteroatoms. The largest absolute Gasteiger partial charge is 0.387 e. The van der Waals surface area contributed by atoms with Gasteiger partial charge in [-0.3, -0.25) is 4.98 Å². The Kier molecular flexibility index (Phi) is 3.79. The third-order valence-corrected chi connectivity index (χ3v) is 3.32. The van der Waals surface area contributed by atoms with Crippen LogP contribution in [0.3, 0.4) is 0 Å². The van der Waals surface area contributed by atoms with Crippen molar-refractivity contribution in [2.45, 2.75) is 19.4 Å². The van der Waals surface area contributed by atoms with E-state index in [0.29, 0.717) is 6.54 Å². The second-order valence-electron chi connectivity index (χ2n) is 4.77. The Morgan fingerprint density at radius 2 is 2.24 bits per heavy atom. The van der Waals surface area contributed by atoms with Gasteiger partial charge in [-0.25, -0.2) is 4.98 Å². The molecule has 0 aromatic carbocycles. The second-order valence-corrected chi connectivity index (χ2v) is 4.77. The number of nitrogens with zero attached hydrogens (tertiary/aromatic N) is 4. The van der Waals surface area contributed by atoms with Gasteiger partial charge < -0.3 is 10.4 Å². The molecular formula is C15H17N5O. The molecule has 0 spiro atoms. The molecule has 0 fully saturated rings. The normalized spacial score (nSPS) is 12.5. The molecule has 0 bridgehead atoms. The molecule has 108 valence electrons. The van der Waals surface area contributed by atoms with Crippen molar-refractivity contribution in [3.05, 3.63) is 54.1 Å². The maximum atomic E-state index is 10.2. The summed E-state index contributed by atoms with van der Waals surface area (Å²) in [5.74, 6) is 0.824. The van der Waals surface area contributed by atoms with E-state index < -0.39 is 6.10 Å². The van der Waals surface area contributed by atoms with Crippen molar-refractivity contribution in [3.63, 3.8) is 0 Å². The summed E-state index contributed by atoms with van der Waals surface area (Å²) >= 11 is 0. The number of anilines is 1. The molecule has 3 aromatic heterocycles. The first-order valence-electron chi connectivity index (χ1n) is 6.93. The number of aromatic nitrogens is 4. The number of nitrogens with one attached hydrogen (secondary N) is 1. The van der Waals surface area contributed by atoms with Gasteiger partial charge in [-0.05, 0) is 12.5 Å². The van der Waals surface area contributed by atoms with E-state index >= 15 is 0 Å². The third kappa shape index (κ3) is 2.85. The molecule has 21 heavy (non-hydrogen) atoms. The fourth-order valence-corrected chi connectivity index (χ4v) is 2.16. The Bertz CT molecular complexity index is 725. The number of fused-ring (bicyclic) bond motifs is 1. The molecule has 0 radical (unpaired) electrons. The standard InChI is InChI=1S/C15H17N5O/c1-2-12-8-15(20-14(19-12)5-7-18-20)17-10-13(21)11-4-3-6-16-9-11/h3-9,13,17,21H,2,10H2,1H3/t13-/m0/s1. The van der Waals surface area contributed by atoms with Crippen LogP contribution in [0.4, 0.5) is 5.82 Å². The zero-order valence-corrected chi connectivity index (χ0v) is 11.8. The first-order chi connectivity index (χ1) is 10.3. The Morgan fingerprint density at radius 1 is 1.33 bits per heavy atom. The predicted octanol–water partition coefficient (Wildman–Crippen LogP) is 1.83. The van der Waals surface area contributed by atoms with Crippen molar-refractivity contribution < 1.29 is 5.11 Å². The molecule has 1 atom stereocenters. The summed E-state index contributed by atoms with van der Waals surface area (Å²) in [6.45, 7) is 2.44. The molecule has 0 amide bonds. The summed E-state index contributed by atoms with van der Waals surface area (Å²) in [7, 11) is 0. The quantitative estimate of drug-likeness (QED) is 0.747. The summed E-state index contributed by atoms with van der Waals surface area (Å²) in [4.78, 5) is 8.50. The Morgan fingerprint density at radius 3 is 3.00 bits per heavy atom. The lowest BCUT2D eigenvalue weighted by molar-refractivity contribution is 0.191. The van der Waals surface area contributed by atoms with Gasteiger partial charge in [0.15, 0.2) is 5.65 Å². The van der Waals surface area contributed by atoms with Gasteiger partial charge in [0.1, 0.15) is 5.82 Å². The smallest absolute Gasteiger partial charge is 0.157 e. The van der Waals surface area contributed by atoms with Gasteiger partial charge in [-0.2, -0.15) is 9.61 Å². The van der Waals surface area contributed by atoms with Gasteiger partial charge in [0.05, 0.1) is 12.3 Å². The summed E-state index contributed by atoms with van der Waals surface area (Å²) < 4.78 is 1.73. The van der Waals surface area contributed by atoms with E-state index in [1.165, 1.54) is 0 Å². The summed E-state index contributed by atoms with van der Waals surface area (Å²) in [6, 6.07) is 7.48. The fourth-order valence-electron chi connectivity index (χ4n) is 2.16. The monoisotopic (exact) mass is 283 g/mol. The molecule has 0 saturated carbocycles. The molecular weight excluding hydrogens is 266 g/mol. The van der Waals surface area contributed by atoms with Crippen LogP contribution in [-0.2, 0) is 6.42 Å². The van der Waals surface area contributed by atoms with Gasteiger partial charge in [-0.1, -0.05) is 13.0 Å². The van der Waals surface area contributed by atoms with E-state index in [-0.39, 0.29) is 0 Å². The Balaban J connectivity index is 1.80. The minimum Gasteiger partial charge on any atom is -0.387 e. The van der Waals surface area contributed by atoms with Gasteiger partial charge >= 0.3 is 0 Å². The van der Waals surface area contributed by atoms with Crippen LogP contribution in [0.15, 0.2) is 42.9 Å². The van der Waals surface area contributed by atoms with E-state index in [0.717, 1.165) is 29.1 Å². The van der Waals surface area contributed by atoms with Crippen molar-refractivity contribution in [1.29, 1.82) is 0 Å². The van der Waals surface area contributed by atoms with Crippen LogP contribution in [0, 0.1) is 0 Å². The highest BCUT2D eigenvalue weighted by atomic mass is 16.3. The minimum absolute atomic E-state index is 0.383. The minimum atomic E-state index is -0.623. The third-order valence-electron chi connectivity index (χ3n) is 3.32. The van der Waals surface area contributed by atoms with Gasteiger partial charge in [0, 0.05) is 42.3 Å². The zero-order valence-electron chi connectivity index (χ0n) is 11.8. The van der Waals surface area contributed by atoms with Crippen molar-refractivity contribution in [3.8, 4) is 0 Å². The van der Waals surface area contributed by atoms with Crippen molar-refractivity contribution in [2.75, 3.05) is 11.9 Å². The van der Waals surface area contributed by atoms with Gasteiger partial charge in [0.25, 0.3) is 0 Å². The lowest BCUT2D eigenvalue weighted by Crippen LogP contribution is -2.15. The molecule has 0 aliphatic heterocycles. The first-order valence-corrected chi connectivity index (χ1v) is 6.93. The Hall–Kier alpha value is -2.47. The van der Waals surface area contributed by atoms with E-state index in [2.05, 4.69) is 27.3 Å². The number of aliphatic hydroxyl groups excluding tert-OH is 1. The molecule has 3 rings (SSSR count). The van der Waals surface area contributed by atoms with Crippen LogP contribution in [0.1, 0.15) is 24.3 Å². The molecule has 3 aromatic rings. The maximum absolute atomic E-state index is 10.2. The summed E-state index contributed by atoms with van der Waals surface area (Å²) in [5.41, 5.74) is 2.57. The number of aliphatic hydroxyl groups is 1. The number of hydrogen-bond acceptors (Lipinski definition) is 5. The molecule has 2 N–H and O–H groups in total. The molecule has 0 unspecified atom stereocenters. The van der Waals surface area contributed by atoms with Gasteiger partial charge in [0.2, 0.25) is 0 Å². The lowest BCUT2D eigenvalue weighted by Gasteiger charge is -2.14. The predicted molar refractivity (Wildman–Crippen MR) is 80.1 cm³/mol. The van der Waals surface area contributed by atoms with Crippen LogP contribution in [-0.4, -0.2) is 31.2 Å². The highest BCUT2D eigenvalue weighted by Gasteiger charge is 2.10. The average molecular weight is 283 g/mol. The van der Waals surface area contributed by atoms with Crippen LogP contribution in [0.5, 0.6) is 0 Å². The second kappa shape index (κ2) is 5.88. The van der Waals surface area contributed by atoms with E-state index in [1.807, 2.05) is 24.3 Å². The van der Waals surface area contributed by atoms with Crippen molar-refractivity contribution in [1.82, 2.24) is 19.6 Å². The highest BCUT2D eigenvalue weighted by Crippen LogP contribution is 2.16. The van der Waals surface area contributed by atoms with E-state index in [1.54, 1.807) is 23.1 Å². The highest BCUT2D eigenvalue weighted by molar-refractivity contribution is 5.49. The molecule has 0 aliphatic rings. The van der Waals surface area contributed by atoms with Crippen LogP contribution in [0.25, 0.3) is 5.65 Å². The molecule has 6 nitrogen and oxygen atoms in total. The van der Waals surface area contributed by atoms with E-state index in [4.69, 9.17) is 0 Å². The van der Waals surface area contributed by atoms with Crippen LogP contribution >= 0.6 is 0 Å². The average Bonchev–Trinajstić information content (AvgIpc) is 3.01. The summed E-state index contributed by atoms with van der Waals surface area (Å²) in [6.07, 6.45) is 5.29. The number of pyridine rings is 1. The van der Waals surface area contributed by atoms with Crippen molar-refractivity contribution >= 4 is 11.5 Å². The number of aryl methyl sites for hydroxylation is 1. The summed E-state index contributed by atoms with van der Waals surface area (Å²) in [5, 5.41) is 17.7. The topological polar surface area (TPSA) is 75.3 Å². The molecule has 0 saturated heterocycles. The first kappa shape index (κ1) is 13.5. The van der Waals surface area contributed by atoms with Crippen LogP contribution < -0.4 is 5.32 Å². The SMILES string of the molecule is CCc1cc(NC[C@H](O)c2cccnc2)n2nccc2n1. The zero-order chi connectivity index (χ0) is 14.7. The Labute approximate surface area is 122 Å². The van der Waals surface area contributed by atoms with Crippen molar-refractivity contribution in [2.24, 2.45) is 0 Å². The molecule has 3 heterocycles. The van der Waals surface area contributed by atoms with E-state index in [9.17, 15) is 5.11 Å². The maximum Gasteiger partial charge on any atom is 0.157 e. The molecule has 0 aliphatic carbocycles. The number of rotatable bonds is 5. The number of hydrogen-bond donors (Lipinski definition) is 2. The lowest BCUT2D eigenvalue weighted by atomic mass is 10.1.